The number of aromatic nitrogens is 3. The Morgan fingerprint density at radius 1 is 1.22 bits per heavy atom. The number of aromatic carboxylic acids is 1. The van der Waals surface area contributed by atoms with Gasteiger partial charge in [-0.25, -0.2) is 9.48 Å². The zero-order valence-electron chi connectivity index (χ0n) is 15.2. The summed E-state index contributed by atoms with van der Waals surface area (Å²) in [6.45, 7) is -0.0705. The second-order valence-electron chi connectivity index (χ2n) is 5.61. The van der Waals surface area contributed by atoms with Crippen molar-refractivity contribution in [3.05, 3.63) is 29.6 Å². The van der Waals surface area contributed by atoms with Crippen molar-refractivity contribution in [3.8, 4) is 11.5 Å². The molecule has 11 nitrogen and oxygen atoms in total. The Hall–Kier alpha value is -3.63. The summed E-state index contributed by atoms with van der Waals surface area (Å²) in [7, 11) is 5.91. The molecular weight excluding hydrogens is 358 g/mol. The van der Waals surface area contributed by atoms with E-state index >= 15 is 0 Å². The molecular formula is C16H19N5O6. The van der Waals surface area contributed by atoms with Crippen LogP contribution in [0.2, 0.25) is 0 Å². The van der Waals surface area contributed by atoms with Gasteiger partial charge in [-0.1, -0.05) is 5.21 Å². The third-order valence-corrected chi connectivity index (χ3v) is 3.54. The number of carbonyl (C=O) groups is 3. The Labute approximate surface area is 154 Å². The van der Waals surface area contributed by atoms with Gasteiger partial charge in [0.15, 0.2) is 17.2 Å². The van der Waals surface area contributed by atoms with Crippen LogP contribution in [0.15, 0.2) is 18.3 Å². The van der Waals surface area contributed by atoms with Crippen LogP contribution in [0, 0.1) is 0 Å². The van der Waals surface area contributed by atoms with Crippen LogP contribution in [-0.4, -0.2) is 71.1 Å². The molecule has 11 heteroatoms. The number of rotatable bonds is 7. The number of hydrogen-bond acceptors (Lipinski definition) is 7. The maximum Gasteiger partial charge on any atom is 0.335 e. The van der Waals surface area contributed by atoms with E-state index in [0.717, 1.165) is 0 Å². The van der Waals surface area contributed by atoms with E-state index in [9.17, 15) is 19.5 Å². The van der Waals surface area contributed by atoms with Crippen molar-refractivity contribution in [2.24, 2.45) is 0 Å². The van der Waals surface area contributed by atoms with Crippen molar-refractivity contribution in [3.63, 3.8) is 0 Å². The Bertz CT molecular complexity index is 876. The molecule has 0 aliphatic rings. The molecule has 2 rings (SSSR count). The summed E-state index contributed by atoms with van der Waals surface area (Å²) in [6, 6.07) is 2.52. The minimum atomic E-state index is -1.19. The molecule has 1 aromatic heterocycles. The molecule has 0 spiro atoms. The monoisotopic (exact) mass is 377 g/mol. The third kappa shape index (κ3) is 4.51. The van der Waals surface area contributed by atoms with Crippen molar-refractivity contribution >= 4 is 23.5 Å². The topological polar surface area (TPSA) is 136 Å². The van der Waals surface area contributed by atoms with Crippen LogP contribution < -0.4 is 14.8 Å². The van der Waals surface area contributed by atoms with Crippen LogP contribution in [0.5, 0.6) is 11.5 Å². The molecule has 1 heterocycles. The van der Waals surface area contributed by atoms with Crippen molar-refractivity contribution < 1.29 is 29.0 Å². The highest BCUT2D eigenvalue weighted by Gasteiger charge is 2.20. The van der Waals surface area contributed by atoms with Gasteiger partial charge in [0.05, 0.1) is 31.7 Å². The highest BCUT2D eigenvalue weighted by Crippen LogP contribution is 2.36. The fourth-order valence-corrected chi connectivity index (χ4v) is 2.13. The molecule has 0 fully saturated rings. The molecule has 0 atom stereocenters. The maximum atomic E-state index is 12.4. The number of carboxylic acids is 1. The van der Waals surface area contributed by atoms with Gasteiger partial charge in [0.25, 0.3) is 5.91 Å². The molecule has 0 bridgehead atoms. The van der Waals surface area contributed by atoms with Gasteiger partial charge in [-0.2, -0.15) is 0 Å². The second-order valence-corrected chi connectivity index (χ2v) is 5.61. The second kappa shape index (κ2) is 8.17. The van der Waals surface area contributed by atoms with Gasteiger partial charge >= 0.3 is 5.97 Å². The van der Waals surface area contributed by atoms with Crippen molar-refractivity contribution in [2.45, 2.75) is 6.54 Å². The van der Waals surface area contributed by atoms with Crippen LogP contribution in [-0.2, 0) is 11.3 Å². The van der Waals surface area contributed by atoms with Gasteiger partial charge in [0.1, 0.15) is 6.54 Å². The first kappa shape index (κ1) is 19.7. The molecule has 0 unspecified atom stereocenters. The average molecular weight is 377 g/mol. The Balaban J connectivity index is 2.27. The lowest BCUT2D eigenvalue weighted by atomic mass is 10.1. The van der Waals surface area contributed by atoms with Gasteiger partial charge < -0.3 is 24.8 Å². The van der Waals surface area contributed by atoms with Crippen LogP contribution in [0.1, 0.15) is 20.8 Å². The minimum Gasteiger partial charge on any atom is -0.493 e. The number of likely N-dealkylation sites (N-methyl/N-ethyl adjacent to an activating group) is 1. The third-order valence-electron chi connectivity index (χ3n) is 3.54. The van der Waals surface area contributed by atoms with Crippen molar-refractivity contribution in [1.29, 1.82) is 0 Å². The van der Waals surface area contributed by atoms with E-state index in [2.05, 4.69) is 15.6 Å². The maximum absolute atomic E-state index is 12.4. The van der Waals surface area contributed by atoms with Crippen LogP contribution in [0.3, 0.4) is 0 Å². The smallest absolute Gasteiger partial charge is 0.335 e. The summed E-state index contributed by atoms with van der Waals surface area (Å²) in [4.78, 5) is 36.8. The lowest BCUT2D eigenvalue weighted by Crippen LogP contribution is -2.26. The van der Waals surface area contributed by atoms with E-state index in [1.54, 1.807) is 14.1 Å². The highest BCUT2D eigenvalue weighted by atomic mass is 16.5. The lowest BCUT2D eigenvalue weighted by Gasteiger charge is -2.14. The number of nitrogens with zero attached hydrogens (tertiary/aromatic N) is 4. The Morgan fingerprint density at radius 3 is 2.48 bits per heavy atom. The van der Waals surface area contributed by atoms with Crippen molar-refractivity contribution in [2.75, 3.05) is 33.6 Å². The molecule has 2 aromatic rings. The summed E-state index contributed by atoms with van der Waals surface area (Å²) < 4.78 is 11.5. The van der Waals surface area contributed by atoms with Crippen LogP contribution in [0.4, 0.5) is 5.69 Å². The summed E-state index contributed by atoms with van der Waals surface area (Å²) >= 11 is 0. The van der Waals surface area contributed by atoms with Gasteiger partial charge in [0.2, 0.25) is 5.91 Å². The molecule has 0 saturated heterocycles. The first-order valence-electron chi connectivity index (χ1n) is 7.67. The van der Waals surface area contributed by atoms with Gasteiger partial charge in [0, 0.05) is 14.1 Å². The number of hydrogen-bond donors (Lipinski definition) is 2. The molecule has 2 amide bonds. The van der Waals surface area contributed by atoms with E-state index in [1.165, 1.54) is 42.1 Å². The average Bonchev–Trinajstić information content (AvgIpc) is 3.09. The van der Waals surface area contributed by atoms with Gasteiger partial charge in [-0.05, 0) is 12.1 Å². The van der Waals surface area contributed by atoms with Crippen molar-refractivity contribution in [1.82, 2.24) is 19.9 Å². The molecule has 0 radical (unpaired) electrons. The first-order chi connectivity index (χ1) is 12.8. The number of carbonyl (C=O) groups excluding carboxylic acids is 2. The number of methoxy groups -OCH3 is 2. The highest BCUT2D eigenvalue weighted by molar-refractivity contribution is 6.04. The fraction of sp³-hybridized carbons (Fsp3) is 0.312. The molecule has 27 heavy (non-hydrogen) atoms. The molecule has 2 N–H and O–H groups in total. The Kier molecular flexibility index (Phi) is 5.96. The fourth-order valence-electron chi connectivity index (χ4n) is 2.13. The molecule has 1 aromatic carbocycles. The van der Waals surface area contributed by atoms with E-state index < -0.39 is 11.9 Å². The predicted octanol–water partition coefficient (Wildman–Crippen LogP) is 0.334. The quantitative estimate of drug-likeness (QED) is 0.705. The minimum absolute atomic E-state index is 0.0525. The summed E-state index contributed by atoms with van der Waals surface area (Å²) in [5.41, 5.74) is -0.0512. The molecule has 0 aliphatic heterocycles. The molecule has 0 aliphatic carbocycles. The lowest BCUT2D eigenvalue weighted by molar-refractivity contribution is -0.129. The van der Waals surface area contributed by atoms with E-state index in [-0.39, 0.29) is 40.9 Å². The van der Waals surface area contributed by atoms with E-state index in [1.807, 2.05) is 0 Å². The van der Waals surface area contributed by atoms with Crippen LogP contribution >= 0.6 is 0 Å². The summed E-state index contributed by atoms with van der Waals surface area (Å²) in [6.07, 6.45) is 1.31. The van der Waals surface area contributed by atoms with E-state index in [0.29, 0.717) is 0 Å². The Morgan fingerprint density at radius 2 is 1.93 bits per heavy atom. The van der Waals surface area contributed by atoms with Gasteiger partial charge in [-0.15, -0.1) is 5.10 Å². The standard InChI is InChI=1S/C16H19N5O6/c1-20(2)13(22)8-21-7-11(18-19-21)15(23)17-10-5-9(16(24)25)6-12(26-3)14(10)27-4/h5-7H,8H2,1-4H3,(H,17,23)(H,24,25). The zero-order valence-corrected chi connectivity index (χ0v) is 15.2. The normalized spacial score (nSPS) is 10.2. The zero-order chi connectivity index (χ0) is 20.1. The van der Waals surface area contributed by atoms with Crippen LogP contribution in [0.25, 0.3) is 0 Å². The number of amides is 2. The molecule has 144 valence electrons. The summed E-state index contributed by atoms with van der Waals surface area (Å²) in [5, 5.41) is 19.2. The number of anilines is 1. The van der Waals surface area contributed by atoms with E-state index in [4.69, 9.17) is 9.47 Å². The van der Waals surface area contributed by atoms with Gasteiger partial charge in [-0.3, -0.25) is 9.59 Å². The summed E-state index contributed by atoms with van der Waals surface area (Å²) in [5.74, 6) is -1.76. The predicted molar refractivity (Wildman–Crippen MR) is 93.2 cm³/mol. The number of ether oxygens (including phenoxy) is 2. The SMILES string of the molecule is COc1cc(C(=O)O)cc(NC(=O)c2cn(CC(=O)N(C)C)nn2)c1OC. The largest absolute Gasteiger partial charge is 0.493 e. The number of benzene rings is 1. The number of nitrogens with one attached hydrogen (secondary N) is 1. The number of carboxylic acid groups (broad SMARTS) is 1. The first-order valence-corrected chi connectivity index (χ1v) is 7.67. The molecule has 0 saturated carbocycles.